The minimum atomic E-state index is -4.51. The van der Waals surface area contributed by atoms with Crippen molar-refractivity contribution in [2.45, 2.75) is 89.5 Å². The average molecular weight is 572 g/mol. The summed E-state index contributed by atoms with van der Waals surface area (Å²) in [5, 5.41) is 0. The van der Waals surface area contributed by atoms with E-state index in [2.05, 4.69) is 92.8 Å². The Morgan fingerprint density at radius 3 is 1.97 bits per heavy atom. The SMILES string of the molecule is CCC[C]1([Hf]([CH3])([CH3])([CH3])([CH3])([CH3])[CH]2C=CC=C2)C=Cc2cc3c(cc21)CC(CC)(CC)C3. The van der Waals surface area contributed by atoms with Gasteiger partial charge in [0.1, 0.15) is 0 Å². The van der Waals surface area contributed by atoms with Crippen LogP contribution in [0.5, 0.6) is 0 Å². The molecule has 3 aliphatic carbocycles. The van der Waals surface area contributed by atoms with Crippen LogP contribution in [0.1, 0.15) is 68.7 Å². The third kappa shape index (κ3) is 2.66. The van der Waals surface area contributed by atoms with Gasteiger partial charge in [-0.05, 0) is 0 Å². The van der Waals surface area contributed by atoms with Gasteiger partial charge < -0.3 is 0 Å². The Bertz CT molecular complexity index is 986. The summed E-state index contributed by atoms with van der Waals surface area (Å²) in [6.45, 7) is 7.17. The fourth-order valence-corrected chi connectivity index (χ4v) is 34.1. The van der Waals surface area contributed by atoms with E-state index < -0.39 is 15.6 Å². The number of rotatable bonds is 6. The molecule has 0 aromatic heterocycles. The molecule has 0 heterocycles. The first-order chi connectivity index (χ1) is 13.7. The fraction of sp³-hybridized carbons (Fsp3) is 0.586. The third-order valence-corrected chi connectivity index (χ3v) is 45.6. The van der Waals surface area contributed by atoms with E-state index in [0.717, 1.165) is 0 Å². The van der Waals surface area contributed by atoms with Crippen LogP contribution in [0.2, 0.25) is 27.1 Å². The van der Waals surface area contributed by atoms with Crippen molar-refractivity contribution in [1.29, 1.82) is 0 Å². The second-order valence-corrected chi connectivity index (χ2v) is 77.9. The van der Waals surface area contributed by atoms with Gasteiger partial charge in [-0.25, -0.2) is 0 Å². The predicted molar refractivity (Wildman–Crippen MR) is 134 cm³/mol. The average Bonchev–Trinajstić information content (AvgIpc) is 3.38. The van der Waals surface area contributed by atoms with E-state index in [4.69, 9.17) is 0 Å². The molecule has 1 atom stereocenters. The van der Waals surface area contributed by atoms with Crippen molar-refractivity contribution in [1.82, 2.24) is 0 Å². The number of allylic oxidation sites excluding steroid dienone is 5. The Balaban J connectivity index is 1.98. The molecule has 0 bridgehead atoms. The van der Waals surface area contributed by atoms with Crippen LogP contribution in [0.4, 0.5) is 0 Å². The van der Waals surface area contributed by atoms with Crippen LogP contribution in [0.3, 0.4) is 0 Å². The molecule has 0 radical (unpaired) electrons. The van der Waals surface area contributed by atoms with Crippen molar-refractivity contribution in [2.75, 3.05) is 0 Å². The molecular formula is C29H45Hf. The summed E-state index contributed by atoms with van der Waals surface area (Å²) in [7, 11) is 0. The maximum atomic E-state index is 2.75. The molecule has 3 aliphatic rings. The predicted octanol–water partition coefficient (Wildman–Crippen LogP) is 9.53. The molecule has 0 spiro atoms. The Hall–Kier alpha value is -0.690. The zero-order valence-electron chi connectivity index (χ0n) is 20.9. The van der Waals surface area contributed by atoms with Gasteiger partial charge in [-0.2, -0.15) is 0 Å². The van der Waals surface area contributed by atoms with Gasteiger partial charge in [0.2, 0.25) is 0 Å². The van der Waals surface area contributed by atoms with Gasteiger partial charge in [0, 0.05) is 0 Å². The minimum absolute atomic E-state index is 0.149. The van der Waals surface area contributed by atoms with E-state index in [1.165, 1.54) is 44.1 Å². The van der Waals surface area contributed by atoms with Gasteiger partial charge in [-0.3, -0.25) is 0 Å². The van der Waals surface area contributed by atoms with Gasteiger partial charge >= 0.3 is 181 Å². The van der Waals surface area contributed by atoms with E-state index in [1.807, 2.05) is 0 Å². The van der Waals surface area contributed by atoms with Crippen molar-refractivity contribution >= 4 is 6.08 Å². The van der Waals surface area contributed by atoms with Crippen molar-refractivity contribution < 1.29 is 15.6 Å². The first-order valence-electron chi connectivity index (χ1n) is 12.6. The molecule has 1 aromatic rings. The first-order valence-corrected chi connectivity index (χ1v) is 34.5. The molecular weight excluding hydrogens is 527 g/mol. The van der Waals surface area contributed by atoms with Crippen molar-refractivity contribution in [2.24, 2.45) is 5.41 Å². The molecule has 0 saturated carbocycles. The van der Waals surface area contributed by atoms with Gasteiger partial charge in [0.05, 0.1) is 0 Å². The van der Waals surface area contributed by atoms with Gasteiger partial charge in [0.15, 0.2) is 0 Å². The van der Waals surface area contributed by atoms with E-state index in [0.29, 0.717) is 9.09 Å². The summed E-state index contributed by atoms with van der Waals surface area (Å²) in [6, 6.07) is 5.27. The Morgan fingerprint density at radius 2 is 1.43 bits per heavy atom. The van der Waals surface area contributed by atoms with Gasteiger partial charge in [-0.1, -0.05) is 0 Å². The first kappa shape index (κ1) is 22.5. The second-order valence-electron chi connectivity index (χ2n) is 16.0. The van der Waals surface area contributed by atoms with Crippen LogP contribution >= 0.6 is 0 Å². The second kappa shape index (κ2) is 5.62. The summed E-state index contributed by atoms with van der Waals surface area (Å²) in [4.78, 5) is 0. The summed E-state index contributed by atoms with van der Waals surface area (Å²) < 4.78 is 14.4. The molecule has 1 unspecified atom stereocenters. The van der Waals surface area contributed by atoms with E-state index in [9.17, 15) is 0 Å². The maximum absolute atomic E-state index is 4.51. The van der Waals surface area contributed by atoms with Crippen LogP contribution in [0.25, 0.3) is 6.08 Å². The molecule has 1 heteroatoms. The molecule has 30 heavy (non-hydrogen) atoms. The number of benzene rings is 1. The van der Waals surface area contributed by atoms with Crippen molar-refractivity contribution in [3.63, 3.8) is 0 Å². The number of hydrogen-bond donors (Lipinski definition) is 0. The molecule has 0 amide bonds. The van der Waals surface area contributed by atoms with Crippen LogP contribution in [-0.2, 0) is 31.6 Å². The van der Waals surface area contributed by atoms with E-state index in [1.54, 1.807) is 16.7 Å². The summed E-state index contributed by atoms with van der Waals surface area (Å²) in [5.41, 5.74) is 6.93. The quantitative estimate of drug-likeness (QED) is 0.298. The van der Waals surface area contributed by atoms with E-state index >= 15 is 0 Å². The molecule has 4 rings (SSSR count). The standard InChI is InChI=1S/C19H25.C5H5.5CH3.Hf/c1-4-7-14-8-9-15-10-16-12-19(5-2,6-3)13-17(16)11-18(14)15;1-2-4-5-3-1;;;;;;/h8-11H,4-7,12-13H2,1-3H3;1-5H;5*1H3;. The summed E-state index contributed by atoms with van der Waals surface area (Å²) in [6.07, 6.45) is 22.4. The molecule has 0 saturated heterocycles. The molecule has 165 valence electrons. The molecule has 0 N–H and O–H groups in total. The van der Waals surface area contributed by atoms with Gasteiger partial charge in [-0.15, -0.1) is 0 Å². The molecule has 1 aromatic carbocycles. The van der Waals surface area contributed by atoms with Crippen LogP contribution in [-0.4, -0.2) is 0 Å². The van der Waals surface area contributed by atoms with Crippen molar-refractivity contribution in [3.8, 4) is 0 Å². The summed E-state index contributed by atoms with van der Waals surface area (Å²) >= 11 is -4.51. The molecule has 0 fully saturated rings. The molecule has 0 nitrogen and oxygen atoms in total. The number of hydrogen-bond acceptors (Lipinski definition) is 0. The Labute approximate surface area is 180 Å². The van der Waals surface area contributed by atoms with Crippen LogP contribution in [0, 0.1) is 5.41 Å². The Morgan fingerprint density at radius 1 is 0.867 bits per heavy atom. The van der Waals surface area contributed by atoms with Crippen LogP contribution < -0.4 is 0 Å². The Kier molecular flexibility index (Phi) is 4.21. The monoisotopic (exact) mass is 573 g/mol. The third-order valence-electron chi connectivity index (χ3n) is 10.7. The topological polar surface area (TPSA) is 0 Å². The summed E-state index contributed by atoms with van der Waals surface area (Å²) in [5.74, 6) is 0. The normalized spacial score (nSPS) is 28.1. The van der Waals surface area contributed by atoms with Crippen molar-refractivity contribution in [3.05, 3.63) is 64.8 Å². The zero-order valence-corrected chi connectivity index (χ0v) is 24.5. The molecule has 0 aliphatic heterocycles. The van der Waals surface area contributed by atoms with Gasteiger partial charge in [0.25, 0.3) is 0 Å². The van der Waals surface area contributed by atoms with Crippen LogP contribution in [0.15, 0.2) is 42.5 Å². The zero-order chi connectivity index (χ0) is 22.2. The fourth-order valence-electron chi connectivity index (χ4n) is 7.82. The number of fused-ring (bicyclic) bond motifs is 2. The van der Waals surface area contributed by atoms with E-state index in [-0.39, 0.29) is 3.17 Å².